The van der Waals surface area contributed by atoms with E-state index in [4.69, 9.17) is 0 Å². The molecule has 0 aliphatic heterocycles. The fourth-order valence-corrected chi connectivity index (χ4v) is 0.712. The third kappa shape index (κ3) is 6.80. The molecule has 0 aliphatic rings. The minimum absolute atomic E-state index is 0.0206. The molecule has 0 aromatic heterocycles. The summed E-state index contributed by atoms with van der Waals surface area (Å²) in [6, 6.07) is 0. The molecule has 0 rings (SSSR count). The molecule has 3 nitrogen and oxygen atoms in total. The van der Waals surface area contributed by atoms with E-state index in [1.54, 1.807) is 7.05 Å². The van der Waals surface area contributed by atoms with E-state index >= 15 is 0 Å². The minimum atomic E-state index is -4.22. The SMILES string of the molecule is CNCCNCCN(C)C(F)(F)F. The van der Waals surface area contributed by atoms with Crippen LogP contribution in [0, 0.1) is 0 Å². The van der Waals surface area contributed by atoms with Gasteiger partial charge in [-0.3, -0.25) is 0 Å². The van der Waals surface area contributed by atoms with Crippen molar-refractivity contribution >= 4 is 0 Å². The highest BCUT2D eigenvalue weighted by atomic mass is 19.4. The average molecular weight is 199 g/mol. The molecular weight excluding hydrogens is 183 g/mol. The fourth-order valence-electron chi connectivity index (χ4n) is 0.712. The van der Waals surface area contributed by atoms with Crippen molar-refractivity contribution in [3.8, 4) is 0 Å². The average Bonchev–Trinajstić information content (AvgIpc) is 2.02. The highest BCUT2D eigenvalue weighted by Crippen LogP contribution is 2.17. The standard InChI is InChI=1S/C7H16F3N3/c1-11-3-4-12-5-6-13(2)7(8,9)10/h11-12H,3-6H2,1-2H3. The first-order valence-corrected chi connectivity index (χ1v) is 4.11. The molecule has 0 fully saturated rings. The van der Waals surface area contributed by atoms with Crippen molar-refractivity contribution in [1.29, 1.82) is 0 Å². The second-order valence-electron chi connectivity index (χ2n) is 2.74. The highest BCUT2D eigenvalue weighted by Gasteiger charge is 2.32. The van der Waals surface area contributed by atoms with E-state index in [-0.39, 0.29) is 6.54 Å². The Morgan fingerprint density at radius 2 is 1.77 bits per heavy atom. The zero-order valence-corrected chi connectivity index (χ0v) is 7.91. The van der Waals surface area contributed by atoms with Crippen LogP contribution in [-0.2, 0) is 0 Å². The van der Waals surface area contributed by atoms with Crippen molar-refractivity contribution in [2.24, 2.45) is 0 Å². The maximum atomic E-state index is 11.9. The first-order valence-electron chi connectivity index (χ1n) is 4.11. The van der Waals surface area contributed by atoms with Crippen LogP contribution in [0.3, 0.4) is 0 Å². The van der Waals surface area contributed by atoms with Crippen molar-refractivity contribution in [3.05, 3.63) is 0 Å². The normalized spacial score (nSPS) is 12.5. The number of alkyl halides is 3. The monoisotopic (exact) mass is 199 g/mol. The van der Waals surface area contributed by atoms with Gasteiger partial charge in [0.15, 0.2) is 0 Å². The summed E-state index contributed by atoms with van der Waals surface area (Å²) >= 11 is 0. The number of halogens is 3. The molecule has 0 saturated carbocycles. The molecule has 6 heteroatoms. The van der Waals surface area contributed by atoms with Gasteiger partial charge in [-0.25, -0.2) is 4.90 Å². The predicted molar refractivity (Wildman–Crippen MR) is 45.5 cm³/mol. The molecule has 0 heterocycles. The summed E-state index contributed by atoms with van der Waals surface area (Å²) in [4.78, 5) is 0.360. The largest absolute Gasteiger partial charge is 0.459 e. The Kier molecular flexibility index (Phi) is 6.02. The van der Waals surface area contributed by atoms with Crippen LogP contribution in [0.1, 0.15) is 0 Å². The fraction of sp³-hybridized carbons (Fsp3) is 1.00. The molecule has 0 aliphatic carbocycles. The van der Waals surface area contributed by atoms with E-state index < -0.39 is 6.30 Å². The summed E-state index contributed by atoms with van der Waals surface area (Å²) < 4.78 is 35.7. The van der Waals surface area contributed by atoms with Crippen LogP contribution < -0.4 is 10.6 Å². The van der Waals surface area contributed by atoms with Gasteiger partial charge in [0.1, 0.15) is 0 Å². The highest BCUT2D eigenvalue weighted by molar-refractivity contribution is 4.57. The third-order valence-electron chi connectivity index (χ3n) is 1.61. The number of rotatable bonds is 6. The quantitative estimate of drug-likeness (QED) is 0.474. The Hall–Kier alpha value is -0.330. The first kappa shape index (κ1) is 12.7. The van der Waals surface area contributed by atoms with Crippen LogP contribution in [0.25, 0.3) is 0 Å². The van der Waals surface area contributed by atoms with Crippen LogP contribution in [0.4, 0.5) is 13.2 Å². The van der Waals surface area contributed by atoms with Gasteiger partial charge in [0, 0.05) is 26.2 Å². The molecule has 0 aromatic rings. The van der Waals surface area contributed by atoms with Crippen molar-refractivity contribution in [1.82, 2.24) is 15.5 Å². The Labute approximate surface area is 76.3 Å². The summed E-state index contributed by atoms with van der Waals surface area (Å²) in [5.74, 6) is 0. The van der Waals surface area contributed by atoms with E-state index in [2.05, 4.69) is 10.6 Å². The Bertz CT molecular complexity index is 127. The summed E-state index contributed by atoms with van der Waals surface area (Å²) in [6.07, 6.45) is -4.22. The maximum Gasteiger partial charge on any atom is 0.459 e. The summed E-state index contributed by atoms with van der Waals surface area (Å²) in [6.45, 7) is 1.77. The summed E-state index contributed by atoms with van der Waals surface area (Å²) in [5, 5.41) is 5.77. The van der Waals surface area contributed by atoms with Crippen LogP contribution in [0.2, 0.25) is 0 Å². The lowest BCUT2D eigenvalue weighted by molar-refractivity contribution is -0.235. The third-order valence-corrected chi connectivity index (χ3v) is 1.61. The second kappa shape index (κ2) is 6.17. The molecule has 80 valence electrons. The Balaban J connectivity index is 3.32. The van der Waals surface area contributed by atoms with Crippen LogP contribution in [-0.4, -0.2) is 51.5 Å². The molecule has 0 spiro atoms. The van der Waals surface area contributed by atoms with Gasteiger partial charge in [-0.15, -0.1) is 0 Å². The second-order valence-corrected chi connectivity index (χ2v) is 2.74. The zero-order valence-electron chi connectivity index (χ0n) is 7.91. The lowest BCUT2D eigenvalue weighted by atomic mass is 10.5. The molecule has 0 unspecified atom stereocenters. The molecule has 0 aromatic carbocycles. The van der Waals surface area contributed by atoms with Crippen LogP contribution in [0.15, 0.2) is 0 Å². The molecule has 0 saturated heterocycles. The van der Waals surface area contributed by atoms with E-state index in [9.17, 15) is 13.2 Å². The molecule has 0 bridgehead atoms. The lowest BCUT2D eigenvalue weighted by Gasteiger charge is -2.19. The lowest BCUT2D eigenvalue weighted by Crippen LogP contribution is -2.40. The summed E-state index contributed by atoms with van der Waals surface area (Å²) in [7, 11) is 2.84. The maximum absolute atomic E-state index is 11.9. The van der Waals surface area contributed by atoms with E-state index in [1.807, 2.05) is 0 Å². The summed E-state index contributed by atoms with van der Waals surface area (Å²) in [5.41, 5.74) is 0. The van der Waals surface area contributed by atoms with Gasteiger partial charge in [0.05, 0.1) is 0 Å². The first-order chi connectivity index (χ1) is 5.98. The molecular formula is C7H16F3N3. The number of likely N-dealkylation sites (N-methyl/N-ethyl adjacent to an activating group) is 2. The van der Waals surface area contributed by atoms with Gasteiger partial charge in [0.2, 0.25) is 0 Å². The van der Waals surface area contributed by atoms with E-state index in [0.29, 0.717) is 18.0 Å². The Morgan fingerprint density at radius 1 is 1.15 bits per heavy atom. The molecule has 0 radical (unpaired) electrons. The molecule has 0 amide bonds. The smallest absolute Gasteiger partial charge is 0.318 e. The molecule has 13 heavy (non-hydrogen) atoms. The van der Waals surface area contributed by atoms with Gasteiger partial charge in [-0.1, -0.05) is 0 Å². The van der Waals surface area contributed by atoms with Gasteiger partial charge in [-0.05, 0) is 14.1 Å². The number of nitrogens with zero attached hydrogens (tertiary/aromatic N) is 1. The van der Waals surface area contributed by atoms with Crippen molar-refractivity contribution in [2.45, 2.75) is 6.30 Å². The Morgan fingerprint density at radius 3 is 2.23 bits per heavy atom. The number of hydrogen-bond acceptors (Lipinski definition) is 3. The number of nitrogens with one attached hydrogen (secondary N) is 2. The predicted octanol–water partition coefficient (Wildman–Crippen LogP) is 0.247. The van der Waals surface area contributed by atoms with Crippen LogP contribution in [0.5, 0.6) is 0 Å². The topological polar surface area (TPSA) is 27.3 Å². The van der Waals surface area contributed by atoms with E-state index in [0.717, 1.165) is 13.6 Å². The van der Waals surface area contributed by atoms with Gasteiger partial charge < -0.3 is 10.6 Å². The van der Waals surface area contributed by atoms with Crippen molar-refractivity contribution in [3.63, 3.8) is 0 Å². The number of hydrogen-bond donors (Lipinski definition) is 2. The van der Waals surface area contributed by atoms with Gasteiger partial charge in [0.25, 0.3) is 0 Å². The van der Waals surface area contributed by atoms with Crippen molar-refractivity contribution < 1.29 is 13.2 Å². The molecule has 0 atom stereocenters. The van der Waals surface area contributed by atoms with Crippen molar-refractivity contribution in [2.75, 3.05) is 40.3 Å². The minimum Gasteiger partial charge on any atom is -0.318 e. The van der Waals surface area contributed by atoms with Gasteiger partial charge in [-0.2, -0.15) is 13.2 Å². The van der Waals surface area contributed by atoms with E-state index in [1.165, 1.54) is 0 Å². The van der Waals surface area contributed by atoms with Gasteiger partial charge >= 0.3 is 6.30 Å². The molecule has 2 N–H and O–H groups in total. The zero-order chi connectivity index (χ0) is 10.3. The van der Waals surface area contributed by atoms with Crippen LogP contribution >= 0.6 is 0 Å².